The maximum absolute atomic E-state index is 5.71. The molecule has 2 aliphatic rings. The molecule has 1 aromatic rings. The van der Waals surface area contributed by atoms with Crippen LogP contribution in [0.15, 0.2) is 30.3 Å². The molecule has 0 unspecified atom stereocenters. The van der Waals surface area contributed by atoms with Crippen molar-refractivity contribution in [2.24, 2.45) is 0 Å². The number of hydrogen-bond donors (Lipinski definition) is 0. The van der Waals surface area contributed by atoms with Crippen molar-refractivity contribution in [3.63, 3.8) is 0 Å². The Morgan fingerprint density at radius 1 is 1.28 bits per heavy atom. The summed E-state index contributed by atoms with van der Waals surface area (Å²) in [5, 5.41) is 0. The average molecular weight is 260 g/mol. The molecule has 1 aromatic carbocycles. The summed E-state index contributed by atoms with van der Waals surface area (Å²) in [5.41, 5.74) is 1.41. The van der Waals surface area contributed by atoms with Gasteiger partial charge in [0.05, 0.1) is 16.7 Å². The van der Waals surface area contributed by atoms with Gasteiger partial charge in [0.2, 0.25) is 0 Å². The Morgan fingerprint density at radius 2 is 2.00 bits per heavy atom. The molecule has 0 radical (unpaired) electrons. The van der Waals surface area contributed by atoms with Crippen LogP contribution in [0, 0.1) is 0 Å². The molecule has 2 aliphatic heterocycles. The molecule has 0 N–H and O–H groups in total. The van der Waals surface area contributed by atoms with Crippen molar-refractivity contribution >= 4 is 17.2 Å². The van der Waals surface area contributed by atoms with E-state index in [4.69, 9.17) is 12.2 Å². The van der Waals surface area contributed by atoms with Crippen molar-refractivity contribution in [3.8, 4) is 0 Å². The lowest BCUT2D eigenvalue weighted by molar-refractivity contribution is 0.0596. The monoisotopic (exact) mass is 260 g/mol. The Kier molecular flexibility index (Phi) is 2.91. The van der Waals surface area contributed by atoms with Gasteiger partial charge in [-0.3, -0.25) is 4.90 Å². The Hall–Kier alpha value is -0.930. The maximum atomic E-state index is 5.71. The van der Waals surface area contributed by atoms with Crippen LogP contribution in [0.1, 0.15) is 32.3 Å². The van der Waals surface area contributed by atoms with Gasteiger partial charge in [-0.05, 0) is 32.3 Å². The summed E-state index contributed by atoms with van der Waals surface area (Å²) >= 11 is 5.71. The Balaban J connectivity index is 1.86. The smallest absolute Gasteiger partial charge is 0.0972 e. The first kappa shape index (κ1) is 12.1. The fraction of sp³-hybridized carbons (Fsp3) is 0.533. The molecule has 18 heavy (non-hydrogen) atoms. The quantitative estimate of drug-likeness (QED) is 0.755. The minimum Gasteiger partial charge on any atom is -0.343 e. The standard InChI is InChI=1S/C15H20N2S/c1-15(2)16-10-6-9-13(16)14(18)17(15)11-12-7-4-3-5-8-12/h3-5,7-8,13H,6,9-11H2,1-2H3/t13-/m0/s1. The molecule has 2 nitrogen and oxygen atoms in total. The molecule has 2 heterocycles. The second-order valence-corrected chi connectivity index (χ2v) is 6.17. The molecule has 96 valence electrons. The molecule has 2 saturated heterocycles. The van der Waals surface area contributed by atoms with E-state index < -0.39 is 0 Å². The minimum absolute atomic E-state index is 0.0636. The molecule has 0 aromatic heterocycles. The summed E-state index contributed by atoms with van der Waals surface area (Å²) in [5.74, 6) is 0. The summed E-state index contributed by atoms with van der Waals surface area (Å²) in [4.78, 5) is 6.11. The van der Waals surface area contributed by atoms with Crippen molar-refractivity contribution in [2.75, 3.05) is 6.54 Å². The predicted molar refractivity (Wildman–Crippen MR) is 78.4 cm³/mol. The third-order valence-corrected chi connectivity index (χ3v) is 4.84. The van der Waals surface area contributed by atoms with Crippen molar-refractivity contribution in [2.45, 2.75) is 44.9 Å². The normalized spacial score (nSPS) is 26.7. The fourth-order valence-corrected chi connectivity index (χ4v) is 3.85. The van der Waals surface area contributed by atoms with Crippen LogP contribution < -0.4 is 0 Å². The van der Waals surface area contributed by atoms with Gasteiger partial charge in [0, 0.05) is 13.1 Å². The second kappa shape index (κ2) is 4.32. The molecule has 0 amide bonds. The maximum Gasteiger partial charge on any atom is 0.0972 e. The zero-order valence-corrected chi connectivity index (χ0v) is 11.9. The lowest BCUT2D eigenvalue weighted by Gasteiger charge is -2.38. The molecule has 3 heteroatoms. The van der Waals surface area contributed by atoms with Crippen molar-refractivity contribution < 1.29 is 0 Å². The highest BCUT2D eigenvalue weighted by Crippen LogP contribution is 2.39. The lowest BCUT2D eigenvalue weighted by Crippen LogP contribution is -2.48. The van der Waals surface area contributed by atoms with Gasteiger partial charge < -0.3 is 4.90 Å². The Morgan fingerprint density at radius 3 is 2.67 bits per heavy atom. The highest BCUT2D eigenvalue weighted by atomic mass is 32.1. The van der Waals surface area contributed by atoms with Crippen LogP contribution in [-0.2, 0) is 6.54 Å². The lowest BCUT2D eigenvalue weighted by atomic mass is 10.1. The third-order valence-electron chi connectivity index (χ3n) is 4.35. The van der Waals surface area contributed by atoms with E-state index in [0.29, 0.717) is 6.04 Å². The first-order chi connectivity index (χ1) is 8.60. The third kappa shape index (κ3) is 1.77. The molecule has 3 rings (SSSR count). The number of hydrogen-bond acceptors (Lipinski definition) is 2. The van der Waals surface area contributed by atoms with Crippen LogP contribution in [0.4, 0.5) is 0 Å². The van der Waals surface area contributed by atoms with Crippen molar-refractivity contribution in [1.82, 2.24) is 9.80 Å². The summed E-state index contributed by atoms with van der Waals surface area (Å²) in [7, 11) is 0. The number of rotatable bonds is 2. The minimum atomic E-state index is 0.0636. The number of thiocarbonyl (C=S) groups is 1. The Bertz CT molecular complexity index is 455. The van der Waals surface area contributed by atoms with Gasteiger partial charge in [-0.15, -0.1) is 0 Å². The van der Waals surface area contributed by atoms with Gasteiger partial charge in [0.15, 0.2) is 0 Å². The predicted octanol–water partition coefficient (Wildman–Crippen LogP) is 3.03. The van der Waals surface area contributed by atoms with E-state index in [-0.39, 0.29) is 5.66 Å². The topological polar surface area (TPSA) is 6.48 Å². The molecule has 1 atom stereocenters. The van der Waals surface area contributed by atoms with Gasteiger partial charge in [0.25, 0.3) is 0 Å². The van der Waals surface area contributed by atoms with Gasteiger partial charge in [-0.25, -0.2) is 0 Å². The fourth-order valence-electron chi connectivity index (χ4n) is 3.32. The molecule has 0 aliphatic carbocycles. The van der Waals surface area contributed by atoms with E-state index in [1.165, 1.54) is 24.9 Å². The van der Waals surface area contributed by atoms with Gasteiger partial charge in [0.1, 0.15) is 0 Å². The van der Waals surface area contributed by atoms with Crippen LogP contribution >= 0.6 is 12.2 Å². The molecule has 2 fully saturated rings. The molecule has 0 bridgehead atoms. The van der Waals surface area contributed by atoms with E-state index in [9.17, 15) is 0 Å². The van der Waals surface area contributed by atoms with E-state index in [2.05, 4.69) is 54.0 Å². The number of fused-ring (bicyclic) bond motifs is 1. The SMILES string of the molecule is CC1(C)N(Cc2ccccc2)C(=S)[C@@H]2CCCN21. The van der Waals surface area contributed by atoms with E-state index in [0.717, 1.165) is 11.5 Å². The van der Waals surface area contributed by atoms with Gasteiger partial charge in [-0.1, -0.05) is 42.5 Å². The summed E-state index contributed by atoms with van der Waals surface area (Å²) in [6.07, 6.45) is 2.51. The number of nitrogens with zero attached hydrogens (tertiary/aromatic N) is 2. The average Bonchev–Trinajstić information content (AvgIpc) is 2.91. The van der Waals surface area contributed by atoms with Crippen molar-refractivity contribution in [1.29, 1.82) is 0 Å². The van der Waals surface area contributed by atoms with Crippen LogP contribution in [0.25, 0.3) is 0 Å². The van der Waals surface area contributed by atoms with E-state index in [1.54, 1.807) is 0 Å². The summed E-state index contributed by atoms with van der Waals surface area (Å²) in [6, 6.07) is 11.1. The summed E-state index contributed by atoms with van der Waals surface area (Å²) < 4.78 is 0. The van der Waals surface area contributed by atoms with E-state index >= 15 is 0 Å². The highest BCUT2D eigenvalue weighted by molar-refractivity contribution is 7.80. The first-order valence-electron chi connectivity index (χ1n) is 6.73. The largest absolute Gasteiger partial charge is 0.343 e. The second-order valence-electron chi connectivity index (χ2n) is 5.76. The van der Waals surface area contributed by atoms with Gasteiger partial charge in [-0.2, -0.15) is 0 Å². The van der Waals surface area contributed by atoms with Crippen LogP contribution in [0.2, 0.25) is 0 Å². The zero-order chi connectivity index (χ0) is 12.8. The van der Waals surface area contributed by atoms with Crippen molar-refractivity contribution in [3.05, 3.63) is 35.9 Å². The number of benzene rings is 1. The first-order valence-corrected chi connectivity index (χ1v) is 7.14. The van der Waals surface area contributed by atoms with Crippen LogP contribution in [-0.4, -0.2) is 33.0 Å². The molecule has 0 saturated carbocycles. The van der Waals surface area contributed by atoms with Gasteiger partial charge >= 0.3 is 0 Å². The molecular formula is C15H20N2S. The highest BCUT2D eigenvalue weighted by Gasteiger charge is 2.50. The summed E-state index contributed by atoms with van der Waals surface area (Å²) in [6.45, 7) is 6.71. The zero-order valence-electron chi connectivity index (χ0n) is 11.1. The van der Waals surface area contributed by atoms with Crippen LogP contribution in [0.5, 0.6) is 0 Å². The van der Waals surface area contributed by atoms with E-state index in [1.807, 2.05) is 0 Å². The van der Waals surface area contributed by atoms with Crippen LogP contribution in [0.3, 0.4) is 0 Å². The molecule has 0 spiro atoms. The Labute approximate surface area is 115 Å². The molecular weight excluding hydrogens is 240 g/mol.